The third kappa shape index (κ3) is 4.39. The highest BCUT2D eigenvalue weighted by molar-refractivity contribution is 7.90. The summed E-state index contributed by atoms with van der Waals surface area (Å²) < 4.78 is 28.7. The molecule has 4 rings (SSSR count). The van der Waals surface area contributed by atoms with Gasteiger partial charge in [0.2, 0.25) is 0 Å². The van der Waals surface area contributed by atoms with Crippen LogP contribution in [0.5, 0.6) is 0 Å². The standard InChI is InChI=1S/C23H18ClFN2O3S/c1-14-20(13-23(28)29)21-12-16(25)5-10-22(21)27(14)31(30)19-8-6-17(7-9-19)26-18-4-2-3-15(24)11-18/h2-12,26H,13H2,1H3,(H,28,29). The van der Waals surface area contributed by atoms with Crippen molar-refractivity contribution in [1.29, 1.82) is 0 Å². The zero-order valence-electron chi connectivity index (χ0n) is 16.4. The molecule has 8 heteroatoms. The average molecular weight is 457 g/mol. The van der Waals surface area contributed by atoms with Crippen LogP contribution in [0.3, 0.4) is 0 Å². The maximum Gasteiger partial charge on any atom is 0.307 e. The van der Waals surface area contributed by atoms with Crippen LogP contribution in [0.15, 0.2) is 71.6 Å². The third-order valence-corrected chi connectivity index (χ3v) is 6.62. The number of carboxylic acids is 1. The molecule has 1 aromatic heterocycles. The summed E-state index contributed by atoms with van der Waals surface area (Å²) in [5, 5.41) is 13.6. The van der Waals surface area contributed by atoms with Gasteiger partial charge in [-0.2, -0.15) is 3.97 Å². The van der Waals surface area contributed by atoms with Crippen LogP contribution < -0.4 is 5.32 Å². The highest BCUT2D eigenvalue weighted by atomic mass is 35.5. The van der Waals surface area contributed by atoms with Crippen molar-refractivity contribution in [3.63, 3.8) is 0 Å². The van der Waals surface area contributed by atoms with Crippen molar-refractivity contribution >= 4 is 51.2 Å². The van der Waals surface area contributed by atoms with Gasteiger partial charge in [0.1, 0.15) is 17.2 Å². The molecule has 31 heavy (non-hydrogen) atoms. The Morgan fingerprint density at radius 2 is 1.87 bits per heavy atom. The summed E-state index contributed by atoms with van der Waals surface area (Å²) in [4.78, 5) is 11.8. The van der Waals surface area contributed by atoms with E-state index in [1.807, 2.05) is 12.1 Å². The summed E-state index contributed by atoms with van der Waals surface area (Å²) in [5.41, 5.74) is 3.13. The summed E-state index contributed by atoms with van der Waals surface area (Å²) in [7, 11) is 0. The van der Waals surface area contributed by atoms with Crippen LogP contribution in [0, 0.1) is 12.7 Å². The highest BCUT2D eigenvalue weighted by Gasteiger charge is 2.25. The zero-order chi connectivity index (χ0) is 22.1. The number of aliphatic carboxylic acids is 1. The first-order chi connectivity index (χ1) is 14.8. The number of nitrogens with one attached hydrogen (secondary N) is 1. The minimum Gasteiger partial charge on any atom is -0.587 e. The molecule has 4 aromatic rings. The lowest BCUT2D eigenvalue weighted by molar-refractivity contribution is -0.136. The predicted molar refractivity (Wildman–Crippen MR) is 121 cm³/mol. The Hall–Kier alpha value is -3.00. The van der Waals surface area contributed by atoms with Gasteiger partial charge in [-0.25, -0.2) is 4.39 Å². The van der Waals surface area contributed by atoms with Gasteiger partial charge in [0.05, 0.1) is 17.6 Å². The van der Waals surface area contributed by atoms with Gasteiger partial charge in [0, 0.05) is 21.8 Å². The van der Waals surface area contributed by atoms with E-state index in [-0.39, 0.29) is 6.42 Å². The van der Waals surface area contributed by atoms with E-state index >= 15 is 0 Å². The van der Waals surface area contributed by atoms with Gasteiger partial charge >= 0.3 is 5.97 Å². The number of hydrogen-bond donors (Lipinski definition) is 2. The van der Waals surface area contributed by atoms with Crippen LogP contribution in [0.1, 0.15) is 11.3 Å². The van der Waals surface area contributed by atoms with Crippen LogP contribution in [0.25, 0.3) is 10.9 Å². The zero-order valence-corrected chi connectivity index (χ0v) is 18.0. The predicted octanol–water partition coefficient (Wildman–Crippen LogP) is 5.68. The fraction of sp³-hybridized carbons (Fsp3) is 0.0870. The molecule has 1 heterocycles. The molecule has 0 aliphatic rings. The van der Waals surface area contributed by atoms with Gasteiger partial charge in [-0.15, -0.1) is 0 Å². The van der Waals surface area contributed by atoms with E-state index in [0.29, 0.717) is 32.1 Å². The van der Waals surface area contributed by atoms with Crippen molar-refractivity contribution in [3.05, 3.63) is 88.8 Å². The van der Waals surface area contributed by atoms with Crippen LogP contribution >= 0.6 is 11.6 Å². The van der Waals surface area contributed by atoms with Crippen molar-refractivity contribution in [3.8, 4) is 0 Å². The lowest BCUT2D eigenvalue weighted by atomic mass is 10.1. The second-order valence-corrected chi connectivity index (χ2v) is 8.77. The average Bonchev–Trinajstić information content (AvgIpc) is 2.99. The largest absolute Gasteiger partial charge is 0.587 e. The number of carbonyl (C=O) groups is 1. The number of halogens is 2. The quantitative estimate of drug-likeness (QED) is 0.366. The Morgan fingerprint density at radius 1 is 1.13 bits per heavy atom. The van der Waals surface area contributed by atoms with E-state index in [4.69, 9.17) is 11.6 Å². The molecule has 0 saturated carbocycles. The van der Waals surface area contributed by atoms with E-state index in [1.165, 1.54) is 18.2 Å². The van der Waals surface area contributed by atoms with E-state index < -0.39 is 23.1 Å². The fourth-order valence-electron chi connectivity index (χ4n) is 3.51. The van der Waals surface area contributed by atoms with E-state index in [0.717, 1.165) is 11.4 Å². The summed E-state index contributed by atoms with van der Waals surface area (Å²) in [6, 6.07) is 18.4. The summed E-state index contributed by atoms with van der Waals surface area (Å²) in [6.07, 6.45) is -0.279. The fourth-order valence-corrected chi connectivity index (χ4v) is 4.97. The Bertz CT molecular complexity index is 1270. The number of benzene rings is 3. The monoisotopic (exact) mass is 456 g/mol. The second kappa shape index (κ2) is 8.63. The molecule has 3 aromatic carbocycles. The van der Waals surface area contributed by atoms with Crippen molar-refractivity contribution < 1.29 is 18.8 Å². The lowest BCUT2D eigenvalue weighted by Crippen LogP contribution is -2.15. The number of fused-ring (bicyclic) bond motifs is 1. The molecule has 1 unspecified atom stereocenters. The Kier molecular flexibility index (Phi) is 5.91. The molecule has 2 N–H and O–H groups in total. The molecule has 0 aliphatic carbocycles. The number of nitrogens with zero attached hydrogens (tertiary/aromatic N) is 1. The molecular weight excluding hydrogens is 439 g/mol. The first-order valence-electron chi connectivity index (χ1n) is 9.39. The number of hydrogen-bond acceptors (Lipinski definition) is 3. The first-order valence-corrected chi connectivity index (χ1v) is 10.9. The van der Waals surface area contributed by atoms with E-state index in [9.17, 15) is 18.8 Å². The molecule has 0 fully saturated rings. The molecule has 0 spiro atoms. The summed E-state index contributed by atoms with van der Waals surface area (Å²) in [6.45, 7) is 1.70. The molecule has 1 atom stereocenters. The minimum atomic E-state index is -1.64. The van der Waals surface area contributed by atoms with Crippen LogP contribution in [-0.4, -0.2) is 19.6 Å². The molecule has 158 valence electrons. The normalized spacial score (nSPS) is 12.1. The number of rotatable bonds is 6. The van der Waals surface area contributed by atoms with Gasteiger partial charge in [-0.1, -0.05) is 17.7 Å². The third-order valence-electron chi connectivity index (χ3n) is 4.91. The number of carboxylic acid groups (broad SMARTS) is 1. The van der Waals surface area contributed by atoms with Crippen molar-refractivity contribution in [1.82, 2.24) is 3.97 Å². The van der Waals surface area contributed by atoms with E-state index in [2.05, 4.69) is 5.32 Å². The molecule has 0 aliphatic heterocycles. The molecule has 0 amide bonds. The van der Waals surface area contributed by atoms with Crippen molar-refractivity contribution in [2.75, 3.05) is 5.32 Å². The molecule has 0 bridgehead atoms. The van der Waals surface area contributed by atoms with Crippen molar-refractivity contribution in [2.24, 2.45) is 0 Å². The Balaban J connectivity index is 1.68. The van der Waals surface area contributed by atoms with Gasteiger partial charge in [-0.05, 0) is 73.2 Å². The van der Waals surface area contributed by atoms with Gasteiger partial charge in [0.25, 0.3) is 0 Å². The second-order valence-electron chi connectivity index (χ2n) is 7.00. The molecule has 0 radical (unpaired) electrons. The topological polar surface area (TPSA) is 77.3 Å². The Morgan fingerprint density at radius 3 is 2.55 bits per heavy atom. The molecule has 5 nitrogen and oxygen atoms in total. The molecule has 0 saturated heterocycles. The number of aromatic nitrogens is 1. The summed E-state index contributed by atoms with van der Waals surface area (Å²) >= 11 is 4.37. The molecular formula is C23H18ClFN2O3S. The smallest absolute Gasteiger partial charge is 0.307 e. The minimum absolute atomic E-state index is 0.279. The van der Waals surface area contributed by atoms with E-state index in [1.54, 1.807) is 47.3 Å². The van der Waals surface area contributed by atoms with Gasteiger partial charge < -0.3 is 15.0 Å². The first kappa shape index (κ1) is 21.2. The van der Waals surface area contributed by atoms with Crippen molar-refractivity contribution in [2.45, 2.75) is 18.2 Å². The lowest BCUT2D eigenvalue weighted by Gasteiger charge is -2.14. The van der Waals surface area contributed by atoms with Crippen LogP contribution in [-0.2, 0) is 22.6 Å². The maximum absolute atomic E-state index is 13.8. The van der Waals surface area contributed by atoms with Crippen LogP contribution in [0.4, 0.5) is 15.8 Å². The number of anilines is 2. The van der Waals surface area contributed by atoms with Crippen LogP contribution in [0.2, 0.25) is 5.02 Å². The van der Waals surface area contributed by atoms with Gasteiger partial charge in [0.15, 0.2) is 4.90 Å². The SMILES string of the molecule is Cc1c(CC(=O)O)c2cc(F)ccc2n1[S+]([O-])c1ccc(Nc2cccc(Cl)c2)cc1. The maximum atomic E-state index is 13.8. The highest BCUT2D eigenvalue weighted by Crippen LogP contribution is 2.31. The van der Waals surface area contributed by atoms with Gasteiger partial charge in [-0.3, -0.25) is 4.79 Å². The Labute approximate surface area is 186 Å². The summed E-state index contributed by atoms with van der Waals surface area (Å²) in [5.74, 6) is -1.51.